The van der Waals surface area contributed by atoms with Gasteiger partial charge in [-0.2, -0.15) is 0 Å². The average Bonchev–Trinajstić information content (AvgIpc) is 2.37. The number of pyridine rings is 1. The van der Waals surface area contributed by atoms with Crippen molar-refractivity contribution < 1.29 is 9.53 Å². The summed E-state index contributed by atoms with van der Waals surface area (Å²) in [6.07, 6.45) is 0.285. The molecule has 100 valence electrons. The van der Waals surface area contributed by atoms with E-state index in [0.717, 1.165) is 27.8 Å². The molecule has 0 aliphatic rings. The highest BCUT2D eigenvalue weighted by atomic mass is 16.5. The van der Waals surface area contributed by atoms with Crippen molar-refractivity contribution in [1.29, 1.82) is 0 Å². The van der Waals surface area contributed by atoms with Crippen molar-refractivity contribution in [3.63, 3.8) is 0 Å². The van der Waals surface area contributed by atoms with E-state index in [4.69, 9.17) is 4.74 Å². The van der Waals surface area contributed by atoms with Crippen molar-refractivity contribution in [2.75, 3.05) is 26.1 Å². The maximum Gasteiger partial charge on any atom is 0.309 e. The zero-order chi connectivity index (χ0) is 14.0. The number of carbonyl (C=O) groups is 1. The fourth-order valence-electron chi connectivity index (χ4n) is 2.10. The molecule has 1 heterocycles. The van der Waals surface area contributed by atoms with Gasteiger partial charge in [0.1, 0.15) is 0 Å². The largest absolute Gasteiger partial charge is 0.469 e. The van der Waals surface area contributed by atoms with Crippen LogP contribution in [-0.2, 0) is 16.0 Å². The van der Waals surface area contributed by atoms with Gasteiger partial charge in [-0.15, -0.1) is 0 Å². The number of hydrogen-bond acceptors (Lipinski definition) is 4. The van der Waals surface area contributed by atoms with E-state index in [9.17, 15) is 4.79 Å². The Morgan fingerprint density at radius 1 is 1.32 bits per heavy atom. The van der Waals surface area contributed by atoms with E-state index < -0.39 is 0 Å². The molecule has 0 radical (unpaired) electrons. The van der Waals surface area contributed by atoms with Crippen molar-refractivity contribution in [3.8, 4) is 0 Å². The highest BCUT2D eigenvalue weighted by Gasteiger charge is 2.09. The number of benzene rings is 1. The molecule has 0 saturated heterocycles. The van der Waals surface area contributed by atoms with Gasteiger partial charge >= 0.3 is 5.97 Å². The van der Waals surface area contributed by atoms with Crippen LogP contribution in [0.3, 0.4) is 0 Å². The van der Waals surface area contributed by atoms with E-state index in [1.165, 1.54) is 7.11 Å². The molecule has 0 bridgehead atoms. The van der Waals surface area contributed by atoms with Gasteiger partial charge in [-0.25, -0.2) is 0 Å². The van der Waals surface area contributed by atoms with Gasteiger partial charge in [0.25, 0.3) is 0 Å². The van der Waals surface area contributed by atoms with Crippen LogP contribution in [0.1, 0.15) is 11.3 Å². The summed E-state index contributed by atoms with van der Waals surface area (Å²) >= 11 is 0. The number of anilines is 1. The summed E-state index contributed by atoms with van der Waals surface area (Å²) in [4.78, 5) is 17.9. The lowest BCUT2D eigenvalue weighted by atomic mass is 10.1. The molecule has 1 aromatic heterocycles. The molecule has 0 amide bonds. The lowest BCUT2D eigenvalue weighted by molar-refractivity contribution is -0.139. The normalized spacial score (nSPS) is 10.5. The van der Waals surface area contributed by atoms with Crippen LogP contribution in [0.5, 0.6) is 0 Å². The predicted octanol–water partition coefficient (Wildman–Crippen LogP) is 2.32. The maximum atomic E-state index is 11.3. The first-order valence-electron chi connectivity index (χ1n) is 6.15. The van der Waals surface area contributed by atoms with Crippen LogP contribution in [0.4, 0.5) is 5.69 Å². The van der Waals surface area contributed by atoms with Gasteiger partial charge in [0, 0.05) is 30.9 Å². The molecule has 2 aromatic rings. The molecular formula is C15H18N2O2. The lowest BCUT2D eigenvalue weighted by Crippen LogP contribution is -2.10. The molecule has 2 rings (SSSR count). The molecular weight excluding hydrogens is 240 g/mol. The van der Waals surface area contributed by atoms with Crippen molar-refractivity contribution in [3.05, 3.63) is 35.5 Å². The fourth-order valence-corrected chi connectivity index (χ4v) is 2.10. The van der Waals surface area contributed by atoms with Gasteiger partial charge in [-0.1, -0.05) is 6.07 Å². The third-order valence-electron chi connectivity index (χ3n) is 3.04. The minimum Gasteiger partial charge on any atom is -0.469 e. The van der Waals surface area contributed by atoms with Crippen LogP contribution in [0, 0.1) is 6.92 Å². The number of fused-ring (bicyclic) bond motifs is 1. The third-order valence-corrected chi connectivity index (χ3v) is 3.04. The number of aryl methyl sites for hydroxylation is 1. The van der Waals surface area contributed by atoms with Gasteiger partial charge < -0.3 is 9.64 Å². The Labute approximate surface area is 113 Å². The van der Waals surface area contributed by atoms with Crippen LogP contribution >= 0.6 is 0 Å². The monoisotopic (exact) mass is 258 g/mol. The molecule has 4 heteroatoms. The Hall–Kier alpha value is -2.10. The quantitative estimate of drug-likeness (QED) is 0.792. The van der Waals surface area contributed by atoms with Crippen LogP contribution in [-0.4, -0.2) is 32.2 Å². The van der Waals surface area contributed by atoms with Gasteiger partial charge in [0.2, 0.25) is 0 Å². The Balaban J connectivity index is 2.54. The molecule has 0 aliphatic heterocycles. The molecule has 0 saturated carbocycles. The molecule has 0 spiro atoms. The number of nitrogens with zero attached hydrogens (tertiary/aromatic N) is 2. The average molecular weight is 258 g/mol. The Morgan fingerprint density at radius 2 is 2.05 bits per heavy atom. The van der Waals surface area contributed by atoms with Crippen LogP contribution in [0.25, 0.3) is 10.9 Å². The van der Waals surface area contributed by atoms with Gasteiger partial charge in [-0.3, -0.25) is 9.78 Å². The fraction of sp³-hybridized carbons (Fsp3) is 0.333. The zero-order valence-electron chi connectivity index (χ0n) is 11.7. The van der Waals surface area contributed by atoms with Crippen LogP contribution in [0.2, 0.25) is 0 Å². The summed E-state index contributed by atoms with van der Waals surface area (Å²) in [6, 6.07) is 7.93. The van der Waals surface area contributed by atoms with Gasteiger partial charge in [-0.05, 0) is 30.7 Å². The number of rotatable bonds is 3. The Kier molecular flexibility index (Phi) is 3.69. The second-order valence-electron chi connectivity index (χ2n) is 4.78. The maximum absolute atomic E-state index is 11.3. The predicted molar refractivity (Wildman–Crippen MR) is 76.5 cm³/mol. The minimum absolute atomic E-state index is 0.231. The molecule has 0 unspecified atom stereocenters. The minimum atomic E-state index is -0.231. The number of methoxy groups -OCH3 is 1. The van der Waals surface area contributed by atoms with E-state index in [0.29, 0.717) is 0 Å². The lowest BCUT2D eigenvalue weighted by Gasteiger charge is -2.16. The molecule has 0 fully saturated rings. The molecule has 0 N–H and O–H groups in total. The number of hydrogen-bond donors (Lipinski definition) is 0. The van der Waals surface area contributed by atoms with E-state index in [2.05, 4.69) is 9.88 Å². The molecule has 0 aliphatic carbocycles. The second-order valence-corrected chi connectivity index (χ2v) is 4.78. The molecule has 1 aromatic carbocycles. The SMILES string of the molecule is COC(=O)Cc1ccc2nc(C)cc(N(C)C)c2c1. The summed E-state index contributed by atoms with van der Waals surface area (Å²) in [5, 5.41) is 1.05. The van der Waals surface area contributed by atoms with Gasteiger partial charge in [0.15, 0.2) is 0 Å². The number of esters is 1. The van der Waals surface area contributed by atoms with Crippen molar-refractivity contribution in [2.45, 2.75) is 13.3 Å². The number of ether oxygens (including phenoxy) is 1. The molecule has 4 nitrogen and oxygen atoms in total. The first kappa shape index (κ1) is 13.3. The zero-order valence-corrected chi connectivity index (χ0v) is 11.7. The van der Waals surface area contributed by atoms with E-state index in [-0.39, 0.29) is 12.4 Å². The summed E-state index contributed by atoms with van der Waals surface area (Å²) in [5.74, 6) is -0.231. The Morgan fingerprint density at radius 3 is 2.68 bits per heavy atom. The van der Waals surface area contributed by atoms with Crippen LogP contribution in [0.15, 0.2) is 24.3 Å². The second kappa shape index (κ2) is 5.26. The smallest absolute Gasteiger partial charge is 0.309 e. The first-order valence-corrected chi connectivity index (χ1v) is 6.15. The van der Waals surface area contributed by atoms with Crippen molar-refractivity contribution in [1.82, 2.24) is 4.98 Å². The standard InChI is InChI=1S/C15H18N2O2/c1-10-7-14(17(2)3)12-8-11(9-15(18)19-4)5-6-13(12)16-10/h5-8H,9H2,1-4H3. The third kappa shape index (κ3) is 2.84. The molecule has 19 heavy (non-hydrogen) atoms. The number of carbonyl (C=O) groups excluding carboxylic acids is 1. The van der Waals surface area contributed by atoms with E-state index >= 15 is 0 Å². The van der Waals surface area contributed by atoms with Crippen molar-refractivity contribution in [2.24, 2.45) is 0 Å². The summed E-state index contributed by atoms with van der Waals surface area (Å²) in [7, 11) is 5.40. The summed E-state index contributed by atoms with van der Waals surface area (Å²) < 4.78 is 4.70. The van der Waals surface area contributed by atoms with Gasteiger partial charge in [0.05, 0.1) is 19.0 Å². The topological polar surface area (TPSA) is 42.4 Å². The first-order chi connectivity index (χ1) is 9.01. The van der Waals surface area contributed by atoms with Crippen LogP contribution < -0.4 is 4.90 Å². The highest BCUT2D eigenvalue weighted by Crippen LogP contribution is 2.26. The Bertz CT molecular complexity index is 621. The highest BCUT2D eigenvalue weighted by molar-refractivity contribution is 5.92. The summed E-state index contributed by atoms with van der Waals surface area (Å²) in [5.41, 5.74) is 3.97. The van der Waals surface area contributed by atoms with E-state index in [1.807, 2.05) is 45.3 Å². The summed E-state index contributed by atoms with van der Waals surface area (Å²) in [6.45, 7) is 1.98. The van der Waals surface area contributed by atoms with Crippen molar-refractivity contribution >= 4 is 22.6 Å². The number of aromatic nitrogens is 1. The van der Waals surface area contributed by atoms with E-state index in [1.54, 1.807) is 0 Å². The molecule has 0 atom stereocenters.